The first-order valence-corrected chi connectivity index (χ1v) is 9.84. The molecule has 3 heterocycles. The summed E-state index contributed by atoms with van der Waals surface area (Å²) in [5.74, 6) is 1.25. The summed E-state index contributed by atoms with van der Waals surface area (Å²) in [4.78, 5) is 44.2. The van der Waals surface area contributed by atoms with Gasteiger partial charge in [0.05, 0.1) is 19.3 Å². The third-order valence-corrected chi connectivity index (χ3v) is 5.45. The van der Waals surface area contributed by atoms with Gasteiger partial charge in [-0.2, -0.15) is 4.98 Å². The highest BCUT2D eigenvalue weighted by Crippen LogP contribution is 2.38. The number of nitrogens with zero attached hydrogens (tertiary/aromatic N) is 5. The monoisotopic (exact) mass is 411 g/mol. The van der Waals surface area contributed by atoms with Gasteiger partial charge >= 0.3 is 5.69 Å². The molecule has 0 unspecified atom stereocenters. The van der Waals surface area contributed by atoms with Gasteiger partial charge in [-0.25, -0.2) is 4.79 Å². The van der Waals surface area contributed by atoms with Crippen molar-refractivity contribution in [2.24, 2.45) is 13.0 Å². The number of hydrogen-bond acceptors (Lipinski definition) is 6. The van der Waals surface area contributed by atoms with Crippen molar-refractivity contribution in [3.8, 4) is 5.75 Å². The number of imidazole rings is 1. The van der Waals surface area contributed by atoms with E-state index in [-0.39, 0.29) is 18.2 Å². The quantitative estimate of drug-likeness (QED) is 0.648. The van der Waals surface area contributed by atoms with Crippen LogP contribution in [0.5, 0.6) is 5.75 Å². The maximum atomic E-state index is 13.2. The molecule has 0 spiro atoms. The molecule has 0 amide bonds. The molecule has 1 atom stereocenters. The van der Waals surface area contributed by atoms with Gasteiger partial charge in [-0.1, -0.05) is 13.0 Å². The molecule has 0 aliphatic carbocycles. The van der Waals surface area contributed by atoms with Crippen molar-refractivity contribution in [3.05, 3.63) is 44.6 Å². The number of anilines is 2. The van der Waals surface area contributed by atoms with E-state index in [1.165, 1.54) is 11.5 Å². The zero-order chi connectivity index (χ0) is 21.7. The van der Waals surface area contributed by atoms with Gasteiger partial charge in [0.25, 0.3) is 5.56 Å². The van der Waals surface area contributed by atoms with Gasteiger partial charge in [0, 0.05) is 20.1 Å². The Labute approximate surface area is 173 Å². The lowest BCUT2D eigenvalue weighted by Crippen LogP contribution is -2.41. The Kier molecular flexibility index (Phi) is 4.76. The third-order valence-electron chi connectivity index (χ3n) is 5.45. The molecule has 158 valence electrons. The number of fused-ring (bicyclic) bond motifs is 3. The molecule has 0 saturated carbocycles. The minimum Gasteiger partial charge on any atom is -0.495 e. The fourth-order valence-corrected chi connectivity index (χ4v) is 4.08. The van der Waals surface area contributed by atoms with E-state index in [1.807, 2.05) is 34.6 Å². The zero-order valence-corrected chi connectivity index (χ0v) is 17.8. The van der Waals surface area contributed by atoms with Gasteiger partial charge < -0.3 is 14.2 Å². The first-order chi connectivity index (χ1) is 14.2. The van der Waals surface area contributed by atoms with Gasteiger partial charge in [-0.15, -0.1) is 0 Å². The Morgan fingerprint density at radius 2 is 2.00 bits per heavy atom. The molecular formula is C21H25N5O4. The highest BCUT2D eigenvalue weighted by Gasteiger charge is 2.31. The number of ketones is 1. The maximum Gasteiger partial charge on any atom is 0.332 e. The fraction of sp³-hybridized carbons (Fsp3) is 0.429. The Bertz CT molecular complexity index is 1280. The van der Waals surface area contributed by atoms with E-state index in [0.29, 0.717) is 36.0 Å². The lowest BCUT2D eigenvalue weighted by molar-refractivity contribution is -0.117. The number of benzene rings is 1. The molecule has 0 saturated heterocycles. The fourth-order valence-electron chi connectivity index (χ4n) is 4.08. The highest BCUT2D eigenvalue weighted by molar-refractivity contribution is 5.79. The van der Waals surface area contributed by atoms with Crippen molar-refractivity contribution < 1.29 is 9.53 Å². The van der Waals surface area contributed by atoms with Gasteiger partial charge in [-0.3, -0.25) is 18.7 Å². The topological polar surface area (TPSA) is 91.4 Å². The van der Waals surface area contributed by atoms with Gasteiger partial charge in [-0.05, 0) is 37.5 Å². The summed E-state index contributed by atoms with van der Waals surface area (Å²) >= 11 is 0. The van der Waals surface area contributed by atoms with Crippen LogP contribution in [0.4, 0.5) is 11.6 Å². The number of ether oxygens (including phenoxy) is 1. The SMILES string of the molecule is COc1ccc(C)cc1N1C[C@H](C)Cn2c1nc1c2c(=O)n(CC(C)=O)c(=O)n1C. The van der Waals surface area contributed by atoms with Crippen LogP contribution in [0.15, 0.2) is 27.8 Å². The molecule has 9 heteroatoms. The first kappa shape index (κ1) is 19.9. The molecule has 1 aromatic carbocycles. The smallest absolute Gasteiger partial charge is 0.332 e. The van der Waals surface area contributed by atoms with Crippen molar-refractivity contribution >= 4 is 28.6 Å². The van der Waals surface area contributed by atoms with Crippen molar-refractivity contribution in [2.45, 2.75) is 33.9 Å². The van der Waals surface area contributed by atoms with Crippen LogP contribution < -0.4 is 20.9 Å². The molecule has 1 aliphatic rings. The molecule has 0 bridgehead atoms. The van der Waals surface area contributed by atoms with E-state index in [0.717, 1.165) is 15.8 Å². The van der Waals surface area contributed by atoms with E-state index >= 15 is 0 Å². The van der Waals surface area contributed by atoms with Crippen LogP contribution in [0.25, 0.3) is 11.2 Å². The molecule has 9 nitrogen and oxygen atoms in total. The number of hydrogen-bond donors (Lipinski definition) is 0. The van der Waals surface area contributed by atoms with Crippen molar-refractivity contribution in [2.75, 3.05) is 18.6 Å². The summed E-state index contributed by atoms with van der Waals surface area (Å²) in [6.45, 7) is 6.48. The van der Waals surface area contributed by atoms with Crippen LogP contribution in [-0.4, -0.2) is 38.1 Å². The van der Waals surface area contributed by atoms with E-state index in [4.69, 9.17) is 9.72 Å². The average molecular weight is 411 g/mol. The number of aromatic nitrogens is 4. The third kappa shape index (κ3) is 3.01. The van der Waals surface area contributed by atoms with E-state index in [2.05, 4.69) is 6.92 Å². The second-order valence-corrected chi connectivity index (χ2v) is 8.02. The van der Waals surface area contributed by atoms with Crippen LogP contribution in [0.1, 0.15) is 19.4 Å². The summed E-state index contributed by atoms with van der Waals surface area (Å²) in [6, 6.07) is 5.91. The van der Waals surface area contributed by atoms with Crippen molar-refractivity contribution in [1.29, 1.82) is 0 Å². The van der Waals surface area contributed by atoms with E-state index in [1.54, 1.807) is 14.2 Å². The Morgan fingerprint density at radius 3 is 2.67 bits per heavy atom. The van der Waals surface area contributed by atoms with Crippen LogP contribution in [0.3, 0.4) is 0 Å². The van der Waals surface area contributed by atoms with Gasteiger partial charge in [0.15, 0.2) is 11.2 Å². The standard InChI is InChI=1S/C21H25N5O4/c1-12-6-7-16(30-5)15(8-12)24-9-13(2)10-25-17-18(22-20(24)25)23(4)21(29)26(19(17)28)11-14(3)27/h6-8,13H,9-11H2,1-5H3/t13-/m0/s1. The zero-order valence-electron chi connectivity index (χ0n) is 17.8. The summed E-state index contributed by atoms with van der Waals surface area (Å²) in [5.41, 5.74) is 1.53. The van der Waals surface area contributed by atoms with Crippen LogP contribution in [-0.2, 0) is 24.9 Å². The van der Waals surface area contributed by atoms with Crippen molar-refractivity contribution in [3.63, 3.8) is 0 Å². The minimum absolute atomic E-state index is 0.220. The Balaban J connectivity index is 2.03. The van der Waals surface area contributed by atoms with Crippen molar-refractivity contribution in [1.82, 2.24) is 18.7 Å². The molecule has 30 heavy (non-hydrogen) atoms. The molecule has 3 aromatic rings. The highest BCUT2D eigenvalue weighted by atomic mass is 16.5. The van der Waals surface area contributed by atoms with Gasteiger partial charge in [0.1, 0.15) is 11.5 Å². The normalized spacial score (nSPS) is 16.0. The molecule has 0 N–H and O–H groups in total. The van der Waals surface area contributed by atoms with Crippen LogP contribution in [0.2, 0.25) is 0 Å². The Hall–Kier alpha value is -3.36. The number of methoxy groups -OCH3 is 1. The van der Waals surface area contributed by atoms with E-state index < -0.39 is 11.2 Å². The molecule has 0 fully saturated rings. The number of Topliss-reactive ketones (excluding diaryl/α,β-unsaturated/α-hetero) is 1. The molecule has 2 aromatic heterocycles. The summed E-state index contributed by atoms with van der Waals surface area (Å²) < 4.78 is 9.74. The van der Waals surface area contributed by atoms with Gasteiger partial charge in [0.2, 0.25) is 5.95 Å². The predicted octanol–water partition coefficient (Wildman–Crippen LogP) is 1.59. The minimum atomic E-state index is -0.550. The second kappa shape index (κ2) is 7.16. The summed E-state index contributed by atoms with van der Waals surface area (Å²) in [6.07, 6.45) is 0. The van der Waals surface area contributed by atoms with Crippen LogP contribution in [0, 0.1) is 12.8 Å². The maximum absolute atomic E-state index is 13.2. The number of rotatable bonds is 4. The number of carbonyl (C=O) groups is 1. The molecule has 4 rings (SSSR count). The van der Waals surface area contributed by atoms with E-state index in [9.17, 15) is 14.4 Å². The first-order valence-electron chi connectivity index (χ1n) is 9.84. The average Bonchev–Trinajstić information content (AvgIpc) is 3.08. The summed E-state index contributed by atoms with van der Waals surface area (Å²) in [5, 5.41) is 0. The lowest BCUT2D eigenvalue weighted by Gasteiger charge is -2.33. The summed E-state index contributed by atoms with van der Waals surface area (Å²) in [7, 11) is 3.19. The number of carbonyl (C=O) groups excluding carboxylic acids is 1. The Morgan fingerprint density at radius 1 is 1.27 bits per heavy atom. The predicted molar refractivity (Wildman–Crippen MR) is 114 cm³/mol. The second-order valence-electron chi connectivity index (χ2n) is 8.02. The number of aryl methyl sites for hydroxylation is 2. The largest absolute Gasteiger partial charge is 0.495 e. The molecular weight excluding hydrogens is 386 g/mol. The lowest BCUT2D eigenvalue weighted by atomic mass is 10.1. The van der Waals surface area contributed by atoms with Crippen LogP contribution >= 0.6 is 0 Å². The molecule has 1 aliphatic heterocycles. The molecule has 0 radical (unpaired) electrons.